The van der Waals surface area contributed by atoms with Crippen molar-refractivity contribution >= 4 is 18.5 Å². The molecule has 0 bridgehead atoms. The van der Waals surface area contributed by atoms with Gasteiger partial charge in [-0.15, -0.1) is 0 Å². The van der Waals surface area contributed by atoms with Crippen LogP contribution in [0.2, 0.25) is 0 Å². The maximum atomic E-state index is 11.8. The van der Waals surface area contributed by atoms with Gasteiger partial charge in [0.15, 0.2) is 0 Å². The minimum Gasteiger partial charge on any atom is -0.342 e. The number of likely N-dealkylation sites (tertiary alicyclic amines) is 1. The maximum absolute atomic E-state index is 11.8. The molecule has 1 saturated heterocycles. The van der Waals surface area contributed by atoms with E-state index in [2.05, 4.69) is 57.7 Å². The Morgan fingerprint density at radius 3 is 2.40 bits per heavy atom. The first-order valence-corrected chi connectivity index (χ1v) is 8.01. The molecular weight excluding hydrogens is 266 g/mol. The van der Waals surface area contributed by atoms with E-state index in [4.69, 9.17) is 0 Å². The summed E-state index contributed by atoms with van der Waals surface area (Å²) in [6, 6.07) is 8.80. The predicted molar refractivity (Wildman–Crippen MR) is 87.4 cm³/mol. The molecule has 20 heavy (non-hydrogen) atoms. The standard InChI is InChI=1S/C17H25NOS/c1-17(2,3)15-6-4-13(5-7-15)8-9-18-11-14(12-20)10-16(18)19/h4-7,14,20H,8-12H2,1-3H3. The number of benzene rings is 1. The van der Waals surface area contributed by atoms with Gasteiger partial charge >= 0.3 is 0 Å². The van der Waals surface area contributed by atoms with Gasteiger partial charge in [0.05, 0.1) is 0 Å². The molecule has 1 fully saturated rings. The number of rotatable bonds is 4. The van der Waals surface area contributed by atoms with E-state index >= 15 is 0 Å². The lowest BCUT2D eigenvalue weighted by Gasteiger charge is -2.20. The van der Waals surface area contributed by atoms with Gasteiger partial charge in [-0.05, 0) is 34.6 Å². The Kier molecular flexibility index (Phi) is 4.79. The van der Waals surface area contributed by atoms with Gasteiger partial charge < -0.3 is 4.90 Å². The van der Waals surface area contributed by atoms with E-state index in [9.17, 15) is 4.79 Å². The molecule has 1 aliphatic heterocycles. The molecule has 2 rings (SSSR count). The second kappa shape index (κ2) is 6.21. The summed E-state index contributed by atoms with van der Waals surface area (Å²) in [6.07, 6.45) is 1.61. The van der Waals surface area contributed by atoms with Crippen LogP contribution in [0.25, 0.3) is 0 Å². The van der Waals surface area contributed by atoms with Crippen molar-refractivity contribution in [2.75, 3.05) is 18.8 Å². The van der Waals surface area contributed by atoms with Gasteiger partial charge in [0.25, 0.3) is 0 Å². The van der Waals surface area contributed by atoms with Crippen molar-refractivity contribution in [1.29, 1.82) is 0 Å². The third kappa shape index (κ3) is 3.78. The number of amides is 1. The smallest absolute Gasteiger partial charge is 0.222 e. The molecule has 1 aromatic rings. The van der Waals surface area contributed by atoms with Crippen molar-refractivity contribution in [3.8, 4) is 0 Å². The molecule has 1 aromatic carbocycles. The minimum absolute atomic E-state index is 0.198. The Labute approximate surface area is 128 Å². The number of nitrogens with zero attached hydrogens (tertiary/aromatic N) is 1. The second-order valence-corrected chi connectivity index (χ2v) is 7.15. The van der Waals surface area contributed by atoms with E-state index in [0.717, 1.165) is 25.3 Å². The van der Waals surface area contributed by atoms with Crippen molar-refractivity contribution in [2.24, 2.45) is 5.92 Å². The first-order valence-electron chi connectivity index (χ1n) is 7.38. The molecule has 0 radical (unpaired) electrons. The van der Waals surface area contributed by atoms with Crippen LogP contribution < -0.4 is 0 Å². The summed E-state index contributed by atoms with van der Waals surface area (Å²) in [5.41, 5.74) is 2.86. The van der Waals surface area contributed by atoms with Gasteiger partial charge in [-0.1, -0.05) is 45.0 Å². The average Bonchev–Trinajstić information content (AvgIpc) is 2.76. The number of carbonyl (C=O) groups is 1. The number of hydrogen-bond acceptors (Lipinski definition) is 2. The number of carbonyl (C=O) groups excluding carboxylic acids is 1. The van der Waals surface area contributed by atoms with Gasteiger partial charge in [-0.2, -0.15) is 12.6 Å². The largest absolute Gasteiger partial charge is 0.342 e. The molecule has 3 heteroatoms. The summed E-state index contributed by atoms with van der Waals surface area (Å²) in [5.74, 6) is 1.53. The Morgan fingerprint density at radius 2 is 1.90 bits per heavy atom. The van der Waals surface area contributed by atoms with Crippen molar-refractivity contribution < 1.29 is 4.79 Å². The maximum Gasteiger partial charge on any atom is 0.222 e. The van der Waals surface area contributed by atoms with Gasteiger partial charge in [-0.25, -0.2) is 0 Å². The summed E-state index contributed by atoms with van der Waals surface area (Å²) in [4.78, 5) is 13.8. The molecule has 2 nitrogen and oxygen atoms in total. The van der Waals surface area contributed by atoms with Crippen LogP contribution in [-0.4, -0.2) is 29.6 Å². The molecule has 0 aliphatic carbocycles. The minimum atomic E-state index is 0.198. The lowest BCUT2D eigenvalue weighted by Crippen LogP contribution is -2.27. The van der Waals surface area contributed by atoms with Crippen LogP contribution in [-0.2, 0) is 16.6 Å². The fourth-order valence-electron chi connectivity index (χ4n) is 2.63. The van der Waals surface area contributed by atoms with Crippen LogP contribution in [0, 0.1) is 5.92 Å². The Hall–Kier alpha value is -0.960. The molecule has 0 saturated carbocycles. The fourth-order valence-corrected chi connectivity index (χ4v) is 2.87. The van der Waals surface area contributed by atoms with Gasteiger partial charge in [0.2, 0.25) is 5.91 Å². The molecule has 1 unspecified atom stereocenters. The zero-order chi connectivity index (χ0) is 14.8. The van der Waals surface area contributed by atoms with Gasteiger partial charge in [0.1, 0.15) is 0 Å². The first-order chi connectivity index (χ1) is 9.40. The summed E-state index contributed by atoms with van der Waals surface area (Å²) >= 11 is 4.29. The van der Waals surface area contributed by atoms with Crippen molar-refractivity contribution in [1.82, 2.24) is 4.90 Å². The molecule has 110 valence electrons. The summed E-state index contributed by atoms with van der Waals surface area (Å²) in [6.45, 7) is 8.38. The van der Waals surface area contributed by atoms with Crippen LogP contribution in [0.5, 0.6) is 0 Å². The van der Waals surface area contributed by atoms with E-state index in [1.54, 1.807) is 0 Å². The van der Waals surface area contributed by atoms with E-state index in [1.807, 2.05) is 4.90 Å². The molecule has 1 atom stereocenters. The van der Waals surface area contributed by atoms with E-state index in [-0.39, 0.29) is 11.3 Å². The highest BCUT2D eigenvalue weighted by Gasteiger charge is 2.27. The normalized spacial score (nSPS) is 19.7. The van der Waals surface area contributed by atoms with Crippen molar-refractivity contribution in [2.45, 2.75) is 39.0 Å². The topological polar surface area (TPSA) is 20.3 Å². The molecule has 1 amide bonds. The lowest BCUT2D eigenvalue weighted by molar-refractivity contribution is -0.127. The fraction of sp³-hybridized carbons (Fsp3) is 0.588. The Morgan fingerprint density at radius 1 is 1.25 bits per heavy atom. The van der Waals surface area contributed by atoms with Crippen LogP contribution in [0.1, 0.15) is 38.3 Å². The highest BCUT2D eigenvalue weighted by atomic mass is 32.1. The van der Waals surface area contributed by atoms with E-state index in [0.29, 0.717) is 12.3 Å². The van der Waals surface area contributed by atoms with Crippen LogP contribution in [0.15, 0.2) is 24.3 Å². The SMILES string of the molecule is CC(C)(C)c1ccc(CCN2CC(CS)CC2=O)cc1. The number of thiol groups is 1. The molecule has 0 spiro atoms. The van der Waals surface area contributed by atoms with Crippen LogP contribution in [0.4, 0.5) is 0 Å². The van der Waals surface area contributed by atoms with Crippen molar-refractivity contribution in [3.63, 3.8) is 0 Å². The lowest BCUT2D eigenvalue weighted by atomic mass is 9.86. The summed E-state index contributed by atoms with van der Waals surface area (Å²) in [5, 5.41) is 0. The van der Waals surface area contributed by atoms with Gasteiger partial charge in [-0.3, -0.25) is 4.79 Å². The molecule has 1 heterocycles. The zero-order valence-corrected chi connectivity index (χ0v) is 13.6. The summed E-state index contributed by atoms with van der Waals surface area (Å²) < 4.78 is 0. The first kappa shape index (κ1) is 15.4. The quantitative estimate of drug-likeness (QED) is 0.844. The highest BCUT2D eigenvalue weighted by Crippen LogP contribution is 2.23. The molecular formula is C17H25NOS. The third-order valence-electron chi connectivity index (χ3n) is 4.04. The average molecular weight is 291 g/mol. The van der Waals surface area contributed by atoms with Crippen molar-refractivity contribution in [3.05, 3.63) is 35.4 Å². The molecule has 0 N–H and O–H groups in total. The number of hydrogen-bond donors (Lipinski definition) is 1. The highest BCUT2D eigenvalue weighted by molar-refractivity contribution is 7.80. The Bertz CT molecular complexity index is 461. The third-order valence-corrected chi connectivity index (χ3v) is 4.56. The van der Waals surface area contributed by atoms with Gasteiger partial charge in [0, 0.05) is 19.5 Å². The van der Waals surface area contributed by atoms with Crippen LogP contribution in [0.3, 0.4) is 0 Å². The summed E-state index contributed by atoms with van der Waals surface area (Å²) in [7, 11) is 0. The van der Waals surface area contributed by atoms with E-state index < -0.39 is 0 Å². The molecule has 1 aliphatic rings. The molecule has 0 aromatic heterocycles. The second-order valence-electron chi connectivity index (χ2n) is 6.79. The predicted octanol–water partition coefficient (Wildman–Crippen LogP) is 3.30. The van der Waals surface area contributed by atoms with Crippen LogP contribution >= 0.6 is 12.6 Å². The zero-order valence-electron chi connectivity index (χ0n) is 12.7. The monoisotopic (exact) mass is 291 g/mol. The Balaban J connectivity index is 1.90. The van der Waals surface area contributed by atoms with E-state index in [1.165, 1.54) is 11.1 Å².